The molecule has 0 radical (unpaired) electrons. The topological polar surface area (TPSA) is 153 Å². The summed E-state index contributed by atoms with van der Waals surface area (Å²) in [6, 6.07) is 26.4. The monoisotopic (exact) mass is 620 g/mol. The molecule has 4 N–H and O–H groups in total. The fourth-order valence-electron chi connectivity index (χ4n) is 5.97. The van der Waals surface area contributed by atoms with Gasteiger partial charge in [0.25, 0.3) is 17.6 Å². The molecule has 0 saturated carbocycles. The Morgan fingerprint density at radius 3 is 2.26 bits per heavy atom. The van der Waals surface area contributed by atoms with Crippen LogP contribution in [0.3, 0.4) is 0 Å². The van der Waals surface area contributed by atoms with Gasteiger partial charge in [-0.25, -0.2) is 4.79 Å². The number of benzene rings is 4. The number of nitrogens with zero attached hydrogens (tertiary/aromatic N) is 3. The first-order valence-electron chi connectivity index (χ1n) is 15.3. The van der Waals surface area contributed by atoms with Crippen LogP contribution in [-0.4, -0.2) is 65.2 Å². The van der Waals surface area contributed by atoms with Crippen molar-refractivity contribution in [2.24, 2.45) is 5.73 Å². The molecular weight excluding hydrogens is 584 g/mol. The van der Waals surface area contributed by atoms with Crippen molar-refractivity contribution in [1.82, 2.24) is 25.7 Å². The van der Waals surface area contributed by atoms with Crippen LogP contribution >= 0.6 is 0 Å². The molecule has 3 amide bonds. The molecular formula is C35H36N6O5. The number of amides is 3. The molecule has 11 nitrogen and oxygen atoms in total. The van der Waals surface area contributed by atoms with E-state index in [-0.39, 0.29) is 24.2 Å². The number of fused-ring (bicyclic) bond motifs is 2. The van der Waals surface area contributed by atoms with Crippen LogP contribution in [-0.2, 0) is 21.5 Å². The number of piperidine rings is 1. The van der Waals surface area contributed by atoms with E-state index in [0.29, 0.717) is 18.4 Å². The molecule has 5 aromatic rings. The molecule has 4 aromatic carbocycles. The number of likely N-dealkylation sites (N-methyl/N-ethyl adjacent to an activating group) is 1. The number of hydrogen-bond acceptors (Lipinski definition) is 8. The zero-order chi connectivity index (χ0) is 32.3. The highest BCUT2D eigenvalue weighted by molar-refractivity contribution is 5.90. The van der Waals surface area contributed by atoms with Gasteiger partial charge in [-0.15, -0.1) is 0 Å². The molecule has 0 spiro atoms. The third-order valence-electron chi connectivity index (χ3n) is 8.78. The summed E-state index contributed by atoms with van der Waals surface area (Å²) in [5, 5.41) is 13.9. The Bertz CT molecular complexity index is 1900. The first-order chi connectivity index (χ1) is 22.2. The number of carbonyl (C=O) groups is 3. The number of rotatable bonds is 9. The van der Waals surface area contributed by atoms with E-state index in [1.807, 2.05) is 84.9 Å². The number of alkyl carbamates (subject to hydrolysis) is 1. The second-order valence-electron chi connectivity index (χ2n) is 11.8. The number of ether oxygens (including phenoxy) is 1. The average molecular weight is 621 g/mol. The van der Waals surface area contributed by atoms with Gasteiger partial charge in [-0.2, -0.15) is 4.98 Å². The van der Waals surface area contributed by atoms with E-state index in [9.17, 15) is 14.4 Å². The van der Waals surface area contributed by atoms with Gasteiger partial charge in [0.1, 0.15) is 17.7 Å². The van der Waals surface area contributed by atoms with Gasteiger partial charge in [0.05, 0.1) is 0 Å². The van der Waals surface area contributed by atoms with Crippen LogP contribution in [0.5, 0.6) is 0 Å². The summed E-state index contributed by atoms with van der Waals surface area (Å²) in [4.78, 5) is 45.5. The maximum atomic E-state index is 14.6. The predicted octanol–water partition coefficient (Wildman–Crippen LogP) is 4.29. The van der Waals surface area contributed by atoms with Crippen molar-refractivity contribution in [2.45, 2.75) is 43.9 Å². The highest BCUT2D eigenvalue weighted by atomic mass is 16.6. The number of carbonyl (C=O) groups excluding carboxylic acids is 3. The molecule has 2 unspecified atom stereocenters. The normalized spacial score (nSPS) is 15.6. The highest BCUT2D eigenvalue weighted by Crippen LogP contribution is 2.36. The maximum absolute atomic E-state index is 14.6. The van der Waals surface area contributed by atoms with E-state index in [1.54, 1.807) is 14.0 Å². The molecule has 1 aliphatic heterocycles. The molecule has 2 heterocycles. The SMILES string of the molecule is CN(C(=O)C(Cc1ccc2ccccc2c1)NC(=O)OC1CCNCC1)C(C)(c1ccc2ccccc2c1)c1nc(C(N)=O)no1. The summed E-state index contributed by atoms with van der Waals surface area (Å²) in [6.45, 7) is 3.26. The van der Waals surface area contributed by atoms with Gasteiger partial charge in [-0.3, -0.25) is 9.59 Å². The van der Waals surface area contributed by atoms with Crippen molar-refractivity contribution in [3.63, 3.8) is 0 Å². The lowest BCUT2D eigenvalue weighted by Gasteiger charge is -2.38. The third-order valence-corrected chi connectivity index (χ3v) is 8.78. The quantitative estimate of drug-likeness (QED) is 0.221. The van der Waals surface area contributed by atoms with Crippen LogP contribution in [0.4, 0.5) is 4.79 Å². The van der Waals surface area contributed by atoms with Gasteiger partial charge >= 0.3 is 6.09 Å². The first-order valence-corrected chi connectivity index (χ1v) is 15.3. The van der Waals surface area contributed by atoms with E-state index < -0.39 is 29.5 Å². The van der Waals surface area contributed by atoms with Crippen LogP contribution in [0.15, 0.2) is 89.5 Å². The average Bonchev–Trinajstić information content (AvgIpc) is 3.59. The Morgan fingerprint density at radius 2 is 1.61 bits per heavy atom. The van der Waals surface area contributed by atoms with E-state index in [2.05, 4.69) is 20.8 Å². The molecule has 1 aliphatic rings. The Kier molecular flexibility index (Phi) is 8.67. The molecule has 1 aromatic heterocycles. The number of nitrogens with two attached hydrogens (primary N) is 1. The minimum absolute atomic E-state index is 0.00540. The molecule has 6 rings (SSSR count). The van der Waals surface area contributed by atoms with Gasteiger partial charge in [0.15, 0.2) is 0 Å². The Hall–Kier alpha value is -5.29. The Balaban J connectivity index is 1.38. The minimum Gasteiger partial charge on any atom is -0.446 e. The summed E-state index contributed by atoms with van der Waals surface area (Å²) >= 11 is 0. The van der Waals surface area contributed by atoms with Gasteiger partial charge in [0, 0.05) is 13.5 Å². The smallest absolute Gasteiger partial charge is 0.408 e. The number of hydrogen-bond donors (Lipinski definition) is 3. The summed E-state index contributed by atoms with van der Waals surface area (Å²) in [6.07, 6.45) is 0.662. The molecule has 46 heavy (non-hydrogen) atoms. The lowest BCUT2D eigenvalue weighted by Crippen LogP contribution is -2.55. The molecule has 1 fully saturated rings. The fourth-order valence-corrected chi connectivity index (χ4v) is 5.97. The molecule has 11 heteroatoms. The predicted molar refractivity (Wildman–Crippen MR) is 173 cm³/mol. The van der Waals surface area contributed by atoms with Crippen LogP contribution in [0, 0.1) is 0 Å². The van der Waals surface area contributed by atoms with Crippen LogP contribution in [0.25, 0.3) is 21.5 Å². The zero-order valence-corrected chi connectivity index (χ0v) is 25.7. The van der Waals surface area contributed by atoms with Gasteiger partial charge in [-0.05, 0) is 71.6 Å². The second-order valence-corrected chi connectivity index (χ2v) is 11.8. The van der Waals surface area contributed by atoms with E-state index in [1.165, 1.54) is 4.90 Å². The van der Waals surface area contributed by atoms with Crippen LogP contribution in [0.2, 0.25) is 0 Å². The first kappa shape index (κ1) is 30.7. The van der Waals surface area contributed by atoms with Gasteiger partial charge < -0.3 is 30.5 Å². The molecule has 0 bridgehead atoms. The fraction of sp³-hybridized carbons (Fsp3) is 0.286. The summed E-state index contributed by atoms with van der Waals surface area (Å²) < 4.78 is 11.3. The van der Waals surface area contributed by atoms with E-state index in [0.717, 1.165) is 40.2 Å². The van der Waals surface area contributed by atoms with E-state index >= 15 is 0 Å². The number of primary amides is 1. The van der Waals surface area contributed by atoms with Crippen molar-refractivity contribution in [3.8, 4) is 0 Å². The molecule has 1 saturated heterocycles. The largest absolute Gasteiger partial charge is 0.446 e. The van der Waals surface area contributed by atoms with Crippen molar-refractivity contribution < 1.29 is 23.6 Å². The molecule has 0 aliphatic carbocycles. The summed E-state index contributed by atoms with van der Waals surface area (Å²) in [5.41, 5.74) is 5.61. The standard InChI is InChI=1S/C35H36N6O5/c1-35(33-39-31(30(36)42)40-46-33,27-14-13-24-8-4-6-10-26(24)21-27)41(2)32(43)29(38-34(44)45-28-15-17-37-18-16-28)20-22-11-12-23-7-3-5-9-25(23)19-22/h3-14,19,21,28-29,37H,15-18,20H2,1-2H3,(H2,36,42)(H,38,44). The Labute approximate surface area is 266 Å². The minimum atomic E-state index is -1.36. The lowest BCUT2D eigenvalue weighted by molar-refractivity contribution is -0.137. The van der Waals surface area contributed by atoms with Gasteiger partial charge in [-0.1, -0.05) is 84.0 Å². The third kappa shape index (κ3) is 6.27. The van der Waals surface area contributed by atoms with Crippen LogP contribution in [0.1, 0.15) is 47.4 Å². The molecule has 236 valence electrons. The highest BCUT2D eigenvalue weighted by Gasteiger charge is 2.44. The van der Waals surface area contributed by atoms with Gasteiger partial charge in [0.2, 0.25) is 5.91 Å². The van der Waals surface area contributed by atoms with E-state index in [4.69, 9.17) is 15.0 Å². The maximum Gasteiger partial charge on any atom is 0.408 e. The second kappa shape index (κ2) is 13.0. The van der Waals surface area contributed by atoms with Crippen molar-refractivity contribution in [2.75, 3.05) is 20.1 Å². The lowest BCUT2D eigenvalue weighted by atomic mass is 9.87. The summed E-state index contributed by atoms with van der Waals surface area (Å²) in [5.74, 6) is -1.60. The van der Waals surface area contributed by atoms with Crippen molar-refractivity contribution >= 4 is 39.5 Å². The van der Waals surface area contributed by atoms with Crippen molar-refractivity contribution in [1.29, 1.82) is 0 Å². The van der Waals surface area contributed by atoms with Crippen LogP contribution < -0.4 is 16.4 Å². The zero-order valence-electron chi connectivity index (χ0n) is 25.7. The van der Waals surface area contributed by atoms with Crippen molar-refractivity contribution in [3.05, 3.63) is 108 Å². The molecule has 2 atom stereocenters. The number of nitrogens with one attached hydrogen (secondary N) is 2. The number of aromatic nitrogens is 2. The summed E-state index contributed by atoms with van der Waals surface area (Å²) in [7, 11) is 1.61. The Morgan fingerprint density at radius 1 is 0.978 bits per heavy atom.